The van der Waals surface area contributed by atoms with E-state index in [1.165, 1.54) is 11.3 Å². The molecule has 0 amide bonds. The minimum Gasteiger partial charge on any atom is -0.302 e. The highest BCUT2D eigenvalue weighted by Gasteiger charge is 2.04. The molecule has 2 nitrogen and oxygen atoms in total. The molecular weight excluding hydrogens is 178 g/mol. The maximum Gasteiger partial charge on any atom is 0.307 e. The van der Waals surface area contributed by atoms with Crippen molar-refractivity contribution in [3.63, 3.8) is 0 Å². The summed E-state index contributed by atoms with van der Waals surface area (Å²) in [7, 11) is 0. The fraction of sp³-hybridized carbons (Fsp3) is 0.571. The number of thiazole rings is 1. The molecule has 1 rings (SSSR count). The van der Waals surface area contributed by atoms with Crippen molar-refractivity contribution in [1.29, 1.82) is 0 Å². The molecule has 0 aliphatic heterocycles. The van der Waals surface area contributed by atoms with Crippen molar-refractivity contribution in [2.24, 2.45) is 0 Å². The second-order valence-corrected chi connectivity index (χ2v) is 4.00. The van der Waals surface area contributed by atoms with Gasteiger partial charge < -0.3 is 4.57 Å². The molecule has 0 unspecified atom stereocenters. The van der Waals surface area contributed by atoms with Gasteiger partial charge >= 0.3 is 4.87 Å². The van der Waals surface area contributed by atoms with Crippen LogP contribution in [0.15, 0.2) is 4.79 Å². The minimum absolute atomic E-state index is 0.133. The van der Waals surface area contributed by atoms with E-state index in [0.717, 1.165) is 22.9 Å². The average Bonchev–Trinajstić information content (AvgIpc) is 2.17. The predicted molar refractivity (Wildman–Crippen MR) is 51.9 cm³/mol. The smallest absolute Gasteiger partial charge is 0.302 e. The Hall–Kier alpha value is -0.220. The molecule has 0 atom stereocenters. The molecule has 11 heavy (non-hydrogen) atoms. The largest absolute Gasteiger partial charge is 0.307 e. The Morgan fingerprint density at radius 2 is 2.18 bits per heavy atom. The summed E-state index contributed by atoms with van der Waals surface area (Å²) in [5.74, 6) is 0.719. The Morgan fingerprint density at radius 1 is 1.55 bits per heavy atom. The van der Waals surface area contributed by atoms with Gasteiger partial charge in [-0.25, -0.2) is 0 Å². The standard InChI is InChI=1S/C7H11NOS2/c1-5-6(2)11-7(9)8(5)3-4-10/h10H,3-4H2,1-2H3. The summed E-state index contributed by atoms with van der Waals surface area (Å²) in [4.78, 5) is 12.4. The topological polar surface area (TPSA) is 22.0 Å². The molecule has 1 heterocycles. The molecule has 0 saturated carbocycles. The van der Waals surface area contributed by atoms with Gasteiger partial charge in [-0.05, 0) is 13.8 Å². The lowest BCUT2D eigenvalue weighted by atomic mass is 10.4. The highest BCUT2D eigenvalue weighted by atomic mass is 32.1. The lowest BCUT2D eigenvalue weighted by Gasteiger charge is -1.99. The van der Waals surface area contributed by atoms with Crippen molar-refractivity contribution in [3.05, 3.63) is 20.2 Å². The van der Waals surface area contributed by atoms with Gasteiger partial charge in [-0.3, -0.25) is 4.79 Å². The Bertz CT molecular complexity index is 300. The maximum atomic E-state index is 11.2. The number of aromatic nitrogens is 1. The molecule has 1 aromatic rings. The van der Waals surface area contributed by atoms with E-state index in [9.17, 15) is 4.79 Å². The first-order valence-corrected chi connectivity index (χ1v) is 4.89. The summed E-state index contributed by atoms with van der Waals surface area (Å²) < 4.78 is 1.77. The molecule has 0 N–H and O–H groups in total. The summed E-state index contributed by atoms with van der Waals surface area (Å²) in [5, 5.41) is 0. The van der Waals surface area contributed by atoms with Crippen LogP contribution in [0.25, 0.3) is 0 Å². The van der Waals surface area contributed by atoms with Crippen LogP contribution in [0.3, 0.4) is 0 Å². The van der Waals surface area contributed by atoms with Crippen molar-refractivity contribution >= 4 is 24.0 Å². The quantitative estimate of drug-likeness (QED) is 0.699. The van der Waals surface area contributed by atoms with E-state index in [2.05, 4.69) is 12.6 Å². The van der Waals surface area contributed by atoms with Crippen molar-refractivity contribution in [2.75, 3.05) is 5.75 Å². The van der Waals surface area contributed by atoms with Crippen LogP contribution in [0.5, 0.6) is 0 Å². The first-order chi connectivity index (χ1) is 5.16. The van der Waals surface area contributed by atoms with Crippen molar-refractivity contribution in [2.45, 2.75) is 20.4 Å². The van der Waals surface area contributed by atoms with Crippen LogP contribution < -0.4 is 4.87 Å². The molecule has 4 heteroatoms. The van der Waals surface area contributed by atoms with Crippen molar-refractivity contribution < 1.29 is 0 Å². The molecule has 0 spiro atoms. The summed E-state index contributed by atoms with van der Waals surface area (Å²) >= 11 is 5.39. The molecular formula is C7H11NOS2. The number of hydrogen-bond donors (Lipinski definition) is 1. The maximum absolute atomic E-state index is 11.2. The summed E-state index contributed by atoms with van der Waals surface area (Å²) in [5.41, 5.74) is 1.08. The van der Waals surface area contributed by atoms with Gasteiger partial charge in [-0.15, -0.1) is 0 Å². The molecule has 0 radical (unpaired) electrons. The van der Waals surface area contributed by atoms with Crippen LogP contribution in [0.4, 0.5) is 0 Å². The average molecular weight is 189 g/mol. The van der Waals surface area contributed by atoms with Gasteiger partial charge in [0.2, 0.25) is 0 Å². The molecule has 1 aromatic heterocycles. The van der Waals surface area contributed by atoms with Crippen molar-refractivity contribution in [3.8, 4) is 0 Å². The fourth-order valence-electron chi connectivity index (χ4n) is 0.946. The highest BCUT2D eigenvalue weighted by molar-refractivity contribution is 7.80. The first kappa shape index (κ1) is 8.87. The van der Waals surface area contributed by atoms with Gasteiger partial charge in [-0.1, -0.05) is 11.3 Å². The Kier molecular flexibility index (Phi) is 2.78. The predicted octanol–water partition coefficient (Wildman–Crippen LogP) is 1.46. The minimum atomic E-state index is 0.133. The second kappa shape index (κ2) is 3.45. The molecule has 0 aromatic carbocycles. The van der Waals surface area contributed by atoms with Gasteiger partial charge in [0.25, 0.3) is 0 Å². The second-order valence-electron chi connectivity index (χ2n) is 2.38. The third-order valence-corrected chi connectivity index (χ3v) is 2.90. The van der Waals surface area contributed by atoms with Gasteiger partial charge in [-0.2, -0.15) is 12.6 Å². The molecule has 0 saturated heterocycles. The van der Waals surface area contributed by atoms with Gasteiger partial charge in [0, 0.05) is 22.9 Å². The Labute approximate surface area is 75.3 Å². The molecule has 0 aliphatic rings. The highest BCUT2D eigenvalue weighted by Crippen LogP contribution is 2.08. The molecule has 0 bridgehead atoms. The number of rotatable bonds is 2. The van der Waals surface area contributed by atoms with E-state index in [1.807, 2.05) is 13.8 Å². The summed E-state index contributed by atoms with van der Waals surface area (Å²) in [6.07, 6.45) is 0. The Morgan fingerprint density at radius 3 is 2.55 bits per heavy atom. The number of aryl methyl sites for hydroxylation is 1. The van der Waals surface area contributed by atoms with Crippen LogP contribution in [-0.4, -0.2) is 10.3 Å². The van der Waals surface area contributed by atoms with Gasteiger partial charge in [0.05, 0.1) is 0 Å². The third kappa shape index (κ3) is 1.68. The van der Waals surface area contributed by atoms with E-state index in [0.29, 0.717) is 0 Å². The normalized spacial score (nSPS) is 10.5. The summed E-state index contributed by atoms with van der Waals surface area (Å²) in [6.45, 7) is 4.66. The lowest BCUT2D eigenvalue weighted by Crippen LogP contribution is -2.15. The van der Waals surface area contributed by atoms with E-state index in [4.69, 9.17) is 0 Å². The van der Waals surface area contributed by atoms with Crippen molar-refractivity contribution in [1.82, 2.24) is 4.57 Å². The monoisotopic (exact) mass is 189 g/mol. The van der Waals surface area contributed by atoms with Crippen LogP contribution >= 0.6 is 24.0 Å². The number of thiol groups is 1. The van der Waals surface area contributed by atoms with E-state index >= 15 is 0 Å². The zero-order valence-corrected chi connectivity index (χ0v) is 8.34. The van der Waals surface area contributed by atoms with Gasteiger partial charge in [0.1, 0.15) is 0 Å². The van der Waals surface area contributed by atoms with Crippen LogP contribution in [-0.2, 0) is 6.54 Å². The zero-order chi connectivity index (χ0) is 8.43. The third-order valence-electron chi connectivity index (χ3n) is 1.70. The van der Waals surface area contributed by atoms with Crippen LogP contribution in [0.2, 0.25) is 0 Å². The SMILES string of the molecule is Cc1sc(=O)n(CCS)c1C. The summed E-state index contributed by atoms with van der Waals surface area (Å²) in [6, 6.07) is 0. The Balaban J connectivity index is 3.12. The van der Waals surface area contributed by atoms with Crippen LogP contribution in [0, 0.1) is 13.8 Å². The fourth-order valence-corrected chi connectivity index (χ4v) is 2.00. The number of hydrogen-bond acceptors (Lipinski definition) is 3. The first-order valence-electron chi connectivity index (χ1n) is 3.44. The molecule has 0 aliphatic carbocycles. The van der Waals surface area contributed by atoms with E-state index in [-0.39, 0.29) is 4.87 Å². The number of nitrogens with zero attached hydrogens (tertiary/aromatic N) is 1. The van der Waals surface area contributed by atoms with Crippen LogP contribution in [0.1, 0.15) is 10.6 Å². The molecule has 0 fully saturated rings. The zero-order valence-electron chi connectivity index (χ0n) is 6.63. The molecule has 62 valence electrons. The van der Waals surface area contributed by atoms with E-state index in [1.54, 1.807) is 4.57 Å². The van der Waals surface area contributed by atoms with E-state index < -0.39 is 0 Å². The lowest BCUT2D eigenvalue weighted by molar-refractivity contribution is 0.729. The van der Waals surface area contributed by atoms with Gasteiger partial charge in [0.15, 0.2) is 0 Å².